The lowest BCUT2D eigenvalue weighted by Crippen LogP contribution is -2.58. The van der Waals surface area contributed by atoms with Gasteiger partial charge in [-0.1, -0.05) is 55.0 Å². The van der Waals surface area contributed by atoms with E-state index in [1.165, 1.54) is 26.0 Å². The number of hydrogen-bond acceptors (Lipinski definition) is 6. The van der Waals surface area contributed by atoms with Gasteiger partial charge in [-0.15, -0.1) is 0 Å². The minimum atomic E-state index is -1.82. The predicted octanol–water partition coefficient (Wildman–Crippen LogP) is 3.06. The molecule has 2 aliphatic carbocycles. The summed E-state index contributed by atoms with van der Waals surface area (Å²) in [6, 6.07) is 9.52. The van der Waals surface area contributed by atoms with E-state index in [0.29, 0.717) is 12.8 Å². The number of nitrogens with one attached hydrogen (secondary N) is 1. The summed E-state index contributed by atoms with van der Waals surface area (Å²) in [5, 5.41) is 25.7. The molecule has 1 fully saturated rings. The number of allylic oxidation sites excluding steroid dienone is 1. The molecule has 7 nitrogen and oxygen atoms in total. The maximum absolute atomic E-state index is 14.2. The first-order valence-electron chi connectivity index (χ1n) is 12.9. The normalized spacial score (nSPS) is 39.6. The monoisotopic (exact) mass is 507 g/mol. The molecular weight excluding hydrogens is 470 g/mol. The van der Waals surface area contributed by atoms with Crippen LogP contribution in [0.3, 0.4) is 0 Å². The molecule has 3 N–H and O–H groups in total. The van der Waals surface area contributed by atoms with E-state index in [9.17, 15) is 24.6 Å². The van der Waals surface area contributed by atoms with Crippen molar-refractivity contribution in [1.29, 1.82) is 0 Å². The van der Waals surface area contributed by atoms with Crippen molar-refractivity contribution < 1.29 is 29.3 Å². The fourth-order valence-corrected chi connectivity index (χ4v) is 6.54. The van der Waals surface area contributed by atoms with E-state index >= 15 is 0 Å². The summed E-state index contributed by atoms with van der Waals surface area (Å²) in [6.07, 6.45) is 5.17. The van der Waals surface area contributed by atoms with Gasteiger partial charge in [0.2, 0.25) is 5.91 Å². The Morgan fingerprint density at radius 1 is 1.14 bits per heavy atom. The quantitative estimate of drug-likeness (QED) is 0.428. The Kier molecular flexibility index (Phi) is 7.32. The van der Waals surface area contributed by atoms with Crippen molar-refractivity contribution in [2.45, 2.75) is 71.3 Å². The second kappa shape index (κ2) is 10.0. The molecule has 37 heavy (non-hydrogen) atoms. The summed E-state index contributed by atoms with van der Waals surface area (Å²) in [7, 11) is 0. The van der Waals surface area contributed by atoms with Crippen LogP contribution >= 0.6 is 0 Å². The zero-order valence-corrected chi connectivity index (χ0v) is 22.1. The molecule has 198 valence electrons. The van der Waals surface area contributed by atoms with Crippen molar-refractivity contribution in [3.8, 4) is 0 Å². The van der Waals surface area contributed by atoms with Gasteiger partial charge in [0.1, 0.15) is 17.1 Å². The first kappa shape index (κ1) is 27.0. The molecule has 1 aliphatic heterocycles. The van der Waals surface area contributed by atoms with Crippen LogP contribution in [0.1, 0.15) is 46.6 Å². The number of ketones is 1. The molecule has 8 unspecified atom stereocenters. The maximum Gasteiger partial charge on any atom is 0.303 e. The molecule has 4 rings (SSSR count). The fourth-order valence-electron chi connectivity index (χ4n) is 6.54. The Morgan fingerprint density at radius 2 is 1.81 bits per heavy atom. The molecule has 1 amide bonds. The van der Waals surface area contributed by atoms with Crippen molar-refractivity contribution in [1.82, 2.24) is 5.32 Å². The lowest BCUT2D eigenvalue weighted by molar-refractivity contribution is -0.161. The third-order valence-corrected chi connectivity index (χ3v) is 8.49. The van der Waals surface area contributed by atoms with Crippen LogP contribution in [0.15, 0.2) is 65.8 Å². The van der Waals surface area contributed by atoms with Crippen molar-refractivity contribution in [3.63, 3.8) is 0 Å². The van der Waals surface area contributed by atoms with Gasteiger partial charge in [-0.25, -0.2) is 0 Å². The Bertz CT molecular complexity index is 1170. The van der Waals surface area contributed by atoms with Gasteiger partial charge >= 0.3 is 5.97 Å². The highest BCUT2D eigenvalue weighted by Gasteiger charge is 2.67. The number of esters is 1. The first-order chi connectivity index (χ1) is 17.4. The van der Waals surface area contributed by atoms with Gasteiger partial charge in [-0.2, -0.15) is 0 Å². The molecule has 1 spiro atoms. The van der Waals surface area contributed by atoms with Crippen LogP contribution in [-0.2, 0) is 25.5 Å². The van der Waals surface area contributed by atoms with Gasteiger partial charge in [0.15, 0.2) is 5.78 Å². The average Bonchev–Trinajstić information content (AvgIpc) is 3.13. The molecule has 3 aliphatic rings. The van der Waals surface area contributed by atoms with Crippen LogP contribution in [0.2, 0.25) is 0 Å². The molecule has 1 heterocycles. The second-order valence-electron chi connectivity index (χ2n) is 11.0. The van der Waals surface area contributed by atoms with E-state index in [0.717, 1.165) is 16.7 Å². The zero-order valence-electron chi connectivity index (χ0n) is 22.1. The number of hydrogen-bond donors (Lipinski definition) is 3. The molecule has 1 aromatic carbocycles. The number of rotatable bonds is 3. The standard InChI is InChI=1S/C30H37NO6/c1-17-10-9-13-22-26(33)19(3)18(2)25-23(16-21-11-7-6-8-12-21)31-28(35)30(22,25)24(37-20(4)32)14-15-29(5,36)27(17)34/h6-9,11-15,17,22-26,33,36H,10,16H2,1-5H3,(H,31,35)/b13-9+,15-14-. The predicted molar refractivity (Wildman–Crippen MR) is 139 cm³/mol. The number of carbonyl (C=O) groups excluding carboxylic acids is 3. The number of amides is 1. The summed E-state index contributed by atoms with van der Waals surface area (Å²) in [5.74, 6) is -2.92. The molecule has 0 radical (unpaired) electrons. The lowest BCUT2D eigenvalue weighted by Gasteiger charge is -2.49. The van der Waals surface area contributed by atoms with Crippen molar-refractivity contribution in [2.24, 2.45) is 23.2 Å². The van der Waals surface area contributed by atoms with Crippen molar-refractivity contribution >= 4 is 17.7 Å². The summed E-state index contributed by atoms with van der Waals surface area (Å²) in [4.78, 5) is 39.5. The smallest absolute Gasteiger partial charge is 0.303 e. The molecular formula is C30H37NO6. The van der Waals surface area contributed by atoms with Gasteiger partial charge < -0.3 is 20.3 Å². The van der Waals surface area contributed by atoms with Gasteiger partial charge in [0.05, 0.1) is 6.10 Å². The van der Waals surface area contributed by atoms with Crippen LogP contribution < -0.4 is 5.32 Å². The highest BCUT2D eigenvalue weighted by atomic mass is 16.5. The molecule has 8 atom stereocenters. The van der Waals surface area contributed by atoms with Crippen LogP contribution in [0.5, 0.6) is 0 Å². The SMILES string of the molecule is CC(=O)OC1/C=C\C(C)(O)C(=O)C(C)C/C=C/C2C(O)C(C)=C(C)C3C(Cc4ccccc4)NC(=O)C123. The molecule has 1 aromatic rings. The minimum Gasteiger partial charge on any atom is -0.457 e. The molecule has 0 saturated carbocycles. The van der Waals surface area contributed by atoms with E-state index in [2.05, 4.69) is 5.32 Å². The highest BCUT2D eigenvalue weighted by molar-refractivity contribution is 5.91. The molecule has 0 bridgehead atoms. The Labute approximate surface area is 218 Å². The highest BCUT2D eigenvalue weighted by Crippen LogP contribution is 2.57. The summed E-state index contributed by atoms with van der Waals surface area (Å²) >= 11 is 0. The molecule has 7 heteroatoms. The number of benzene rings is 1. The summed E-state index contributed by atoms with van der Waals surface area (Å²) in [6.45, 7) is 8.20. The number of ether oxygens (including phenoxy) is 1. The minimum absolute atomic E-state index is 0.314. The van der Waals surface area contributed by atoms with Crippen LogP contribution in [0.25, 0.3) is 0 Å². The fraction of sp³-hybridized carbons (Fsp3) is 0.500. The summed E-state index contributed by atoms with van der Waals surface area (Å²) in [5.41, 5.74) is -0.500. The van der Waals surface area contributed by atoms with Crippen molar-refractivity contribution in [3.05, 3.63) is 71.3 Å². The number of aliphatic hydroxyl groups excluding tert-OH is 1. The van der Waals surface area contributed by atoms with Gasteiger partial charge in [0, 0.05) is 30.7 Å². The Morgan fingerprint density at radius 3 is 2.46 bits per heavy atom. The molecule has 0 aromatic heterocycles. The third kappa shape index (κ3) is 4.59. The number of aliphatic hydroxyl groups is 2. The summed E-state index contributed by atoms with van der Waals surface area (Å²) < 4.78 is 5.82. The lowest BCUT2D eigenvalue weighted by atomic mass is 9.54. The second-order valence-corrected chi connectivity index (χ2v) is 11.0. The van der Waals surface area contributed by atoms with E-state index in [4.69, 9.17) is 4.74 Å². The van der Waals surface area contributed by atoms with E-state index in [1.54, 1.807) is 19.1 Å². The molecule has 1 saturated heterocycles. The van der Waals surface area contributed by atoms with E-state index in [1.807, 2.05) is 44.2 Å². The average molecular weight is 508 g/mol. The topological polar surface area (TPSA) is 113 Å². The van der Waals surface area contributed by atoms with Gasteiger partial charge in [-0.3, -0.25) is 14.4 Å². The van der Waals surface area contributed by atoms with Crippen LogP contribution in [-0.4, -0.2) is 51.7 Å². The van der Waals surface area contributed by atoms with Gasteiger partial charge in [-0.05, 0) is 56.9 Å². The third-order valence-electron chi connectivity index (χ3n) is 8.49. The number of Topliss-reactive ketones (excluding diaryl/α,β-unsaturated/α-hetero) is 1. The number of carbonyl (C=O) groups is 3. The van der Waals surface area contributed by atoms with E-state index < -0.39 is 46.9 Å². The van der Waals surface area contributed by atoms with Crippen LogP contribution in [0.4, 0.5) is 0 Å². The first-order valence-corrected chi connectivity index (χ1v) is 12.9. The Balaban J connectivity index is 1.96. The maximum atomic E-state index is 14.2. The van der Waals surface area contributed by atoms with Crippen molar-refractivity contribution in [2.75, 3.05) is 0 Å². The zero-order chi connectivity index (χ0) is 27.1. The van der Waals surface area contributed by atoms with E-state index in [-0.39, 0.29) is 17.7 Å². The Hall–Kier alpha value is -3.03. The van der Waals surface area contributed by atoms with Gasteiger partial charge in [0.25, 0.3) is 0 Å². The largest absolute Gasteiger partial charge is 0.457 e. The van der Waals surface area contributed by atoms with Crippen LogP contribution in [0, 0.1) is 23.2 Å².